The van der Waals surface area contributed by atoms with Gasteiger partial charge in [-0.3, -0.25) is 0 Å². The summed E-state index contributed by atoms with van der Waals surface area (Å²) < 4.78 is 35.7. The van der Waals surface area contributed by atoms with Crippen molar-refractivity contribution in [2.75, 3.05) is 52.5 Å². The van der Waals surface area contributed by atoms with Crippen LogP contribution in [0.2, 0.25) is 0 Å². The van der Waals surface area contributed by atoms with E-state index in [1.54, 1.807) is 37.2 Å². The average Bonchev–Trinajstić information content (AvgIpc) is 3.69. The number of benzene rings is 1. The van der Waals surface area contributed by atoms with Crippen LogP contribution in [0.15, 0.2) is 28.8 Å². The lowest BCUT2D eigenvalue weighted by molar-refractivity contribution is 0.122. The molecule has 0 radical (unpaired) electrons. The maximum atomic E-state index is 6.31. The lowest BCUT2D eigenvalue weighted by Crippen LogP contribution is -2.36. The minimum Gasteiger partial charge on any atom is -0.496 e. The summed E-state index contributed by atoms with van der Waals surface area (Å²) in [6.45, 7) is 3.81. The van der Waals surface area contributed by atoms with Gasteiger partial charge in [0.2, 0.25) is 4.96 Å². The highest BCUT2D eigenvalue weighted by atomic mass is 32.1. The lowest BCUT2D eigenvalue weighted by atomic mass is 10.2. The van der Waals surface area contributed by atoms with E-state index in [0.717, 1.165) is 34.2 Å². The van der Waals surface area contributed by atoms with Crippen LogP contribution in [0.3, 0.4) is 0 Å². The number of morpholine rings is 1. The Balaban J connectivity index is 1.30. The molecule has 0 amide bonds. The van der Waals surface area contributed by atoms with Crippen molar-refractivity contribution in [2.24, 2.45) is 0 Å². The average molecular weight is 544 g/mol. The number of aromatic nitrogens is 4. The Bertz CT molecular complexity index is 1500. The lowest BCUT2D eigenvalue weighted by Gasteiger charge is -2.26. The molecule has 1 saturated heterocycles. The molecule has 1 aliphatic rings. The van der Waals surface area contributed by atoms with E-state index in [2.05, 4.69) is 15.0 Å². The minimum absolute atomic E-state index is 0.284. The molecule has 0 aliphatic carbocycles. The Morgan fingerprint density at radius 1 is 1.00 bits per heavy atom. The van der Waals surface area contributed by atoms with Crippen molar-refractivity contribution in [1.29, 1.82) is 0 Å². The van der Waals surface area contributed by atoms with E-state index in [9.17, 15) is 0 Å². The van der Waals surface area contributed by atoms with Gasteiger partial charge in [0, 0.05) is 32.3 Å². The molecule has 1 aliphatic heterocycles. The Labute approximate surface area is 220 Å². The molecule has 0 bridgehead atoms. The third-order valence-electron chi connectivity index (χ3n) is 5.95. The Hall–Kier alpha value is -3.39. The normalized spacial score (nSPS) is 14.1. The van der Waals surface area contributed by atoms with Gasteiger partial charge in [-0.2, -0.15) is 0 Å². The number of rotatable bonds is 9. The molecule has 5 aromatic rings. The SMILES string of the molecule is COCc1sc(N2CCOCC2)nc1COc1cc(OC)cc2oc(-c3cn4nc(OC)sc4n3)cc12. The third-order valence-corrected chi connectivity index (χ3v) is 7.96. The highest BCUT2D eigenvalue weighted by molar-refractivity contribution is 7.18. The van der Waals surface area contributed by atoms with Gasteiger partial charge < -0.3 is 33.0 Å². The van der Waals surface area contributed by atoms with E-state index in [1.165, 1.54) is 11.3 Å². The Morgan fingerprint density at radius 2 is 1.86 bits per heavy atom. The van der Waals surface area contributed by atoms with E-state index >= 15 is 0 Å². The van der Waals surface area contributed by atoms with E-state index in [-0.39, 0.29) is 6.61 Å². The smallest absolute Gasteiger partial charge is 0.294 e. The molecule has 0 spiro atoms. The van der Waals surface area contributed by atoms with E-state index in [1.807, 2.05) is 24.4 Å². The first-order valence-corrected chi connectivity index (χ1v) is 13.2. The van der Waals surface area contributed by atoms with Gasteiger partial charge in [-0.15, -0.1) is 5.10 Å². The quantitative estimate of drug-likeness (QED) is 0.268. The summed E-state index contributed by atoms with van der Waals surface area (Å²) in [7, 11) is 4.88. The first-order valence-electron chi connectivity index (χ1n) is 11.6. The summed E-state index contributed by atoms with van der Waals surface area (Å²) in [6.07, 6.45) is 1.81. The highest BCUT2D eigenvalue weighted by Crippen LogP contribution is 2.38. The van der Waals surface area contributed by atoms with Crippen molar-refractivity contribution in [3.05, 3.63) is 35.0 Å². The van der Waals surface area contributed by atoms with Gasteiger partial charge in [0.25, 0.3) is 5.19 Å². The molecule has 0 N–H and O–H groups in total. The first-order chi connectivity index (χ1) is 18.1. The van der Waals surface area contributed by atoms with Gasteiger partial charge in [0.15, 0.2) is 10.9 Å². The number of imidazole rings is 1. The number of hydrogen-bond donors (Lipinski definition) is 0. The van der Waals surface area contributed by atoms with Crippen LogP contribution in [-0.4, -0.2) is 67.2 Å². The molecule has 4 aromatic heterocycles. The number of methoxy groups -OCH3 is 3. The van der Waals surface area contributed by atoms with Gasteiger partial charge in [-0.05, 0) is 17.4 Å². The molecular formula is C24H25N5O6S2. The number of furan rings is 1. The van der Waals surface area contributed by atoms with Crippen LogP contribution in [-0.2, 0) is 22.7 Å². The van der Waals surface area contributed by atoms with Crippen LogP contribution < -0.4 is 19.1 Å². The zero-order valence-electron chi connectivity index (χ0n) is 20.6. The topological polar surface area (TPSA) is 106 Å². The van der Waals surface area contributed by atoms with Crippen molar-refractivity contribution >= 4 is 43.7 Å². The fourth-order valence-corrected chi connectivity index (χ4v) is 5.88. The molecule has 37 heavy (non-hydrogen) atoms. The van der Waals surface area contributed by atoms with Crippen LogP contribution in [0.4, 0.5) is 5.13 Å². The maximum absolute atomic E-state index is 6.31. The number of anilines is 1. The molecule has 1 fully saturated rings. The molecule has 0 unspecified atom stereocenters. The van der Waals surface area contributed by atoms with Crippen molar-refractivity contribution in [3.63, 3.8) is 0 Å². The minimum atomic E-state index is 0.284. The fourth-order valence-electron chi connectivity index (χ4n) is 4.09. The summed E-state index contributed by atoms with van der Waals surface area (Å²) in [5.41, 5.74) is 2.15. The fraction of sp³-hybridized carbons (Fsp3) is 0.375. The maximum Gasteiger partial charge on any atom is 0.294 e. The zero-order valence-corrected chi connectivity index (χ0v) is 22.2. The molecule has 194 valence electrons. The monoisotopic (exact) mass is 543 g/mol. The van der Waals surface area contributed by atoms with Crippen molar-refractivity contribution < 1.29 is 28.1 Å². The first kappa shape index (κ1) is 24.0. The van der Waals surface area contributed by atoms with Crippen molar-refractivity contribution in [3.8, 4) is 28.1 Å². The molecular weight excluding hydrogens is 518 g/mol. The largest absolute Gasteiger partial charge is 0.496 e. The van der Waals surface area contributed by atoms with E-state index in [4.69, 9.17) is 33.1 Å². The predicted molar refractivity (Wildman–Crippen MR) is 139 cm³/mol. The summed E-state index contributed by atoms with van der Waals surface area (Å²) in [5, 5.41) is 6.66. The Morgan fingerprint density at radius 3 is 2.62 bits per heavy atom. The van der Waals surface area contributed by atoms with Crippen LogP contribution in [0.25, 0.3) is 27.4 Å². The molecule has 6 rings (SSSR count). The van der Waals surface area contributed by atoms with E-state index in [0.29, 0.717) is 58.5 Å². The molecule has 5 heterocycles. The summed E-state index contributed by atoms with van der Waals surface area (Å²) >= 11 is 2.99. The molecule has 0 saturated carbocycles. The van der Waals surface area contributed by atoms with Crippen LogP contribution >= 0.6 is 22.7 Å². The standard InChI is InChI=1S/C24H25N5O6S2/c1-30-13-21-17(26-22(36-21)28-4-6-33-7-5-28)12-34-18-8-14(31-2)9-19-15(18)10-20(35-19)16-11-29-23(25-16)37-24(27-29)32-3/h8-11H,4-7,12-13H2,1-3H3. The zero-order chi connectivity index (χ0) is 25.4. The summed E-state index contributed by atoms with van der Waals surface area (Å²) in [6, 6.07) is 5.61. The number of hydrogen-bond acceptors (Lipinski definition) is 12. The van der Waals surface area contributed by atoms with Crippen LogP contribution in [0.5, 0.6) is 16.7 Å². The van der Waals surface area contributed by atoms with Crippen molar-refractivity contribution in [1.82, 2.24) is 19.6 Å². The molecule has 11 nitrogen and oxygen atoms in total. The second-order valence-corrected chi connectivity index (χ2v) is 10.2. The number of ether oxygens (including phenoxy) is 5. The second kappa shape index (κ2) is 10.2. The van der Waals surface area contributed by atoms with Gasteiger partial charge in [-0.1, -0.05) is 11.3 Å². The number of fused-ring (bicyclic) bond motifs is 2. The third kappa shape index (κ3) is 4.70. The van der Waals surface area contributed by atoms with Crippen molar-refractivity contribution in [2.45, 2.75) is 13.2 Å². The summed E-state index contributed by atoms with van der Waals surface area (Å²) in [4.78, 5) is 13.5. The molecule has 1 aromatic carbocycles. The van der Waals surface area contributed by atoms with Gasteiger partial charge in [-0.25, -0.2) is 14.5 Å². The van der Waals surface area contributed by atoms with Crippen LogP contribution in [0, 0.1) is 0 Å². The highest BCUT2D eigenvalue weighted by Gasteiger charge is 2.21. The number of nitrogens with zero attached hydrogens (tertiary/aromatic N) is 5. The molecule has 13 heteroatoms. The second-order valence-electron chi connectivity index (χ2n) is 8.26. The van der Waals surface area contributed by atoms with Gasteiger partial charge in [0.1, 0.15) is 29.4 Å². The molecule has 0 atom stereocenters. The van der Waals surface area contributed by atoms with E-state index < -0.39 is 0 Å². The van der Waals surface area contributed by atoms with Crippen LogP contribution in [0.1, 0.15) is 10.6 Å². The Kier molecular flexibility index (Phi) is 6.59. The predicted octanol–water partition coefficient (Wildman–Crippen LogP) is 4.24. The number of thiazole rings is 1. The van der Waals surface area contributed by atoms with Gasteiger partial charge >= 0.3 is 0 Å². The van der Waals surface area contributed by atoms with Gasteiger partial charge in [0.05, 0.1) is 56.2 Å². The summed E-state index contributed by atoms with van der Waals surface area (Å²) in [5.74, 6) is 1.87.